The second-order valence-corrected chi connectivity index (χ2v) is 6.37. The van der Waals surface area contributed by atoms with E-state index in [9.17, 15) is 0 Å². The van der Waals surface area contributed by atoms with Gasteiger partial charge in [0.1, 0.15) is 0 Å². The molecular weight excluding hydrogens is 172 g/mol. The molecule has 0 saturated heterocycles. The standard InChI is InChI=1S/C12H24N2/c1-11(2)7-10(13-14(5)6)8-12(3,4)9-11/h7-9H2,1-6H3. The van der Waals surface area contributed by atoms with Gasteiger partial charge < -0.3 is 5.01 Å². The topological polar surface area (TPSA) is 15.6 Å². The first-order chi connectivity index (χ1) is 6.20. The molecule has 0 aromatic rings. The molecule has 0 unspecified atom stereocenters. The first-order valence-electron chi connectivity index (χ1n) is 5.44. The molecule has 0 atom stereocenters. The maximum Gasteiger partial charge on any atom is 0.0391 e. The van der Waals surface area contributed by atoms with Crippen molar-refractivity contribution in [2.45, 2.75) is 47.0 Å². The van der Waals surface area contributed by atoms with E-state index >= 15 is 0 Å². The fourth-order valence-electron chi connectivity index (χ4n) is 2.94. The van der Waals surface area contributed by atoms with Gasteiger partial charge in [-0.25, -0.2) is 0 Å². The summed E-state index contributed by atoms with van der Waals surface area (Å²) in [5.41, 5.74) is 2.18. The summed E-state index contributed by atoms with van der Waals surface area (Å²) in [6.07, 6.45) is 3.59. The summed E-state index contributed by atoms with van der Waals surface area (Å²) in [6.45, 7) is 9.39. The van der Waals surface area contributed by atoms with Crippen molar-refractivity contribution in [3.05, 3.63) is 0 Å². The van der Waals surface area contributed by atoms with E-state index in [0.717, 1.165) is 12.8 Å². The SMILES string of the molecule is CN(C)N=C1CC(C)(C)CC(C)(C)C1. The van der Waals surface area contributed by atoms with E-state index in [-0.39, 0.29) is 0 Å². The largest absolute Gasteiger partial charge is 0.303 e. The van der Waals surface area contributed by atoms with E-state index < -0.39 is 0 Å². The van der Waals surface area contributed by atoms with Crippen molar-refractivity contribution in [3.63, 3.8) is 0 Å². The van der Waals surface area contributed by atoms with Gasteiger partial charge in [0.25, 0.3) is 0 Å². The molecule has 0 aliphatic heterocycles. The van der Waals surface area contributed by atoms with Crippen LogP contribution in [0.2, 0.25) is 0 Å². The van der Waals surface area contributed by atoms with Crippen LogP contribution in [-0.2, 0) is 0 Å². The minimum absolute atomic E-state index is 0.413. The Labute approximate surface area is 88.4 Å². The van der Waals surface area contributed by atoms with Gasteiger partial charge in [0.15, 0.2) is 0 Å². The first kappa shape index (κ1) is 11.5. The van der Waals surface area contributed by atoms with Crippen molar-refractivity contribution in [1.29, 1.82) is 0 Å². The van der Waals surface area contributed by atoms with E-state index in [1.54, 1.807) is 0 Å². The summed E-state index contributed by atoms with van der Waals surface area (Å²) in [5.74, 6) is 0. The second kappa shape index (κ2) is 3.56. The van der Waals surface area contributed by atoms with Crippen LogP contribution in [0.4, 0.5) is 0 Å². The van der Waals surface area contributed by atoms with E-state index in [4.69, 9.17) is 0 Å². The zero-order chi connectivity index (χ0) is 11.0. The Bertz CT molecular complexity index is 219. The van der Waals surface area contributed by atoms with E-state index in [2.05, 4.69) is 32.8 Å². The highest BCUT2D eigenvalue weighted by atomic mass is 15.4. The van der Waals surface area contributed by atoms with Crippen LogP contribution in [0.15, 0.2) is 5.10 Å². The molecule has 0 N–H and O–H groups in total. The summed E-state index contributed by atoms with van der Waals surface area (Å²) in [5, 5.41) is 6.50. The summed E-state index contributed by atoms with van der Waals surface area (Å²) >= 11 is 0. The Morgan fingerprint density at radius 2 is 1.43 bits per heavy atom. The van der Waals surface area contributed by atoms with Gasteiger partial charge in [-0.15, -0.1) is 0 Å². The number of nitrogens with zero attached hydrogens (tertiary/aromatic N) is 2. The van der Waals surface area contributed by atoms with Crippen LogP contribution >= 0.6 is 0 Å². The minimum Gasteiger partial charge on any atom is -0.303 e. The Kier molecular flexibility index (Phi) is 2.93. The molecule has 1 rings (SSSR count). The van der Waals surface area contributed by atoms with Gasteiger partial charge in [0, 0.05) is 19.8 Å². The predicted molar refractivity (Wildman–Crippen MR) is 62.5 cm³/mol. The lowest BCUT2D eigenvalue weighted by Crippen LogP contribution is -2.34. The van der Waals surface area contributed by atoms with Crippen LogP contribution in [0.25, 0.3) is 0 Å². The van der Waals surface area contributed by atoms with Gasteiger partial charge in [-0.1, -0.05) is 27.7 Å². The van der Waals surface area contributed by atoms with Gasteiger partial charge in [-0.2, -0.15) is 5.10 Å². The quantitative estimate of drug-likeness (QED) is 0.588. The molecule has 0 aromatic heterocycles. The third-order valence-electron chi connectivity index (χ3n) is 2.66. The number of hydrogen-bond acceptors (Lipinski definition) is 2. The molecule has 0 bridgehead atoms. The van der Waals surface area contributed by atoms with E-state index in [1.807, 2.05) is 19.1 Å². The van der Waals surface area contributed by atoms with Crippen LogP contribution in [0.5, 0.6) is 0 Å². The molecule has 14 heavy (non-hydrogen) atoms. The van der Waals surface area contributed by atoms with Crippen molar-refractivity contribution in [2.24, 2.45) is 15.9 Å². The molecule has 0 aromatic carbocycles. The summed E-state index contributed by atoms with van der Waals surface area (Å²) < 4.78 is 0. The average molecular weight is 196 g/mol. The number of hydrogen-bond donors (Lipinski definition) is 0. The second-order valence-electron chi connectivity index (χ2n) is 6.37. The lowest BCUT2D eigenvalue weighted by atomic mass is 9.65. The molecular formula is C12H24N2. The number of rotatable bonds is 1. The monoisotopic (exact) mass is 196 g/mol. The molecule has 1 aliphatic carbocycles. The first-order valence-corrected chi connectivity index (χ1v) is 5.44. The Hall–Kier alpha value is -0.530. The highest BCUT2D eigenvalue weighted by molar-refractivity contribution is 5.86. The average Bonchev–Trinajstić information content (AvgIpc) is 1.74. The highest BCUT2D eigenvalue weighted by Crippen LogP contribution is 2.44. The molecule has 0 radical (unpaired) electrons. The van der Waals surface area contributed by atoms with E-state index in [1.165, 1.54) is 12.1 Å². The summed E-state index contributed by atoms with van der Waals surface area (Å²) in [7, 11) is 4.00. The fraction of sp³-hybridized carbons (Fsp3) is 0.917. The zero-order valence-electron chi connectivity index (χ0n) is 10.5. The smallest absolute Gasteiger partial charge is 0.0391 e. The normalized spacial score (nSPS) is 24.6. The van der Waals surface area contributed by atoms with Crippen LogP contribution in [0.3, 0.4) is 0 Å². The molecule has 0 heterocycles. The Balaban J connectivity index is 2.82. The maximum atomic E-state index is 4.58. The molecule has 2 nitrogen and oxygen atoms in total. The zero-order valence-corrected chi connectivity index (χ0v) is 10.5. The molecule has 1 fully saturated rings. The molecule has 1 aliphatic rings. The van der Waals surface area contributed by atoms with Crippen molar-refractivity contribution in [1.82, 2.24) is 5.01 Å². The number of hydrazone groups is 1. The van der Waals surface area contributed by atoms with Gasteiger partial charge >= 0.3 is 0 Å². The third kappa shape index (κ3) is 3.32. The Morgan fingerprint density at radius 1 is 1.00 bits per heavy atom. The highest BCUT2D eigenvalue weighted by Gasteiger charge is 2.36. The van der Waals surface area contributed by atoms with Crippen molar-refractivity contribution < 1.29 is 0 Å². The summed E-state index contributed by atoms with van der Waals surface area (Å²) in [4.78, 5) is 0. The van der Waals surface area contributed by atoms with Gasteiger partial charge in [-0.3, -0.25) is 0 Å². The lowest BCUT2D eigenvalue weighted by Gasteiger charge is -2.41. The van der Waals surface area contributed by atoms with Crippen LogP contribution < -0.4 is 0 Å². The lowest BCUT2D eigenvalue weighted by molar-refractivity contribution is 0.180. The van der Waals surface area contributed by atoms with Gasteiger partial charge in [0.2, 0.25) is 0 Å². The van der Waals surface area contributed by atoms with Crippen LogP contribution in [-0.4, -0.2) is 24.8 Å². The Morgan fingerprint density at radius 3 is 1.79 bits per heavy atom. The van der Waals surface area contributed by atoms with Crippen molar-refractivity contribution in [3.8, 4) is 0 Å². The predicted octanol–water partition coefficient (Wildman–Crippen LogP) is 3.14. The van der Waals surface area contributed by atoms with E-state index in [0.29, 0.717) is 10.8 Å². The summed E-state index contributed by atoms with van der Waals surface area (Å²) in [6, 6.07) is 0. The van der Waals surface area contributed by atoms with Crippen molar-refractivity contribution in [2.75, 3.05) is 14.1 Å². The maximum absolute atomic E-state index is 4.58. The van der Waals surface area contributed by atoms with Crippen molar-refractivity contribution >= 4 is 5.71 Å². The van der Waals surface area contributed by atoms with Gasteiger partial charge in [0.05, 0.1) is 0 Å². The fourth-order valence-corrected chi connectivity index (χ4v) is 2.94. The molecule has 0 amide bonds. The molecule has 2 heteroatoms. The van der Waals surface area contributed by atoms with Crippen LogP contribution in [0.1, 0.15) is 47.0 Å². The molecule has 0 spiro atoms. The van der Waals surface area contributed by atoms with Crippen LogP contribution in [0, 0.1) is 10.8 Å². The minimum atomic E-state index is 0.413. The molecule has 1 saturated carbocycles. The third-order valence-corrected chi connectivity index (χ3v) is 2.66. The molecule has 82 valence electrons. The van der Waals surface area contributed by atoms with Gasteiger partial charge in [-0.05, 0) is 30.1 Å².